The summed E-state index contributed by atoms with van der Waals surface area (Å²) in [5.41, 5.74) is 0.893. The van der Waals surface area contributed by atoms with E-state index in [2.05, 4.69) is 22.4 Å². The number of quaternary nitrogens is 1. The lowest BCUT2D eigenvalue weighted by atomic mass is 10.2. The molecule has 27 heavy (non-hydrogen) atoms. The molecule has 2 N–H and O–H groups in total. The van der Waals surface area contributed by atoms with Gasteiger partial charge in [0.25, 0.3) is 17.7 Å². The lowest BCUT2D eigenvalue weighted by molar-refractivity contribution is -0.907. The number of carbonyl (C=O) groups excluding carboxylic acids is 1. The molecular weight excluding hydrogens is 368 g/mol. The molecule has 1 atom stereocenters. The maximum Gasteiger partial charge on any atom is 0.283 e. The van der Waals surface area contributed by atoms with Crippen LogP contribution in [0.1, 0.15) is 24.8 Å². The van der Waals surface area contributed by atoms with Gasteiger partial charge in [0, 0.05) is 11.6 Å². The average Bonchev–Trinajstić information content (AvgIpc) is 3.33. The largest absolute Gasteiger partial charge is 0.459 e. The summed E-state index contributed by atoms with van der Waals surface area (Å²) in [5, 5.41) is 11.6. The highest BCUT2D eigenvalue weighted by Crippen LogP contribution is 2.17. The molecule has 2 aromatic heterocycles. The SMILES string of the molecule is CCC[NH+](CC(=O)NCc1ccccc1Cl)Cc1nnc(-c2ccco2)o1. The maximum atomic E-state index is 12.3. The molecule has 0 spiro atoms. The minimum Gasteiger partial charge on any atom is -0.459 e. The summed E-state index contributed by atoms with van der Waals surface area (Å²) < 4.78 is 10.9. The third-order valence-electron chi connectivity index (χ3n) is 4.05. The monoisotopic (exact) mass is 389 g/mol. The molecule has 1 unspecified atom stereocenters. The number of rotatable bonds is 9. The van der Waals surface area contributed by atoms with Crippen molar-refractivity contribution in [1.82, 2.24) is 15.5 Å². The molecule has 0 radical (unpaired) electrons. The zero-order chi connectivity index (χ0) is 19.1. The molecule has 7 nitrogen and oxygen atoms in total. The number of nitrogens with one attached hydrogen (secondary N) is 2. The third kappa shape index (κ3) is 5.42. The van der Waals surface area contributed by atoms with E-state index >= 15 is 0 Å². The molecule has 3 rings (SSSR count). The van der Waals surface area contributed by atoms with E-state index in [1.165, 1.54) is 0 Å². The molecule has 8 heteroatoms. The number of nitrogens with zero attached hydrogens (tertiary/aromatic N) is 2. The van der Waals surface area contributed by atoms with E-state index in [0.717, 1.165) is 23.4 Å². The zero-order valence-electron chi connectivity index (χ0n) is 15.1. The van der Waals surface area contributed by atoms with E-state index < -0.39 is 0 Å². The van der Waals surface area contributed by atoms with Crippen molar-refractivity contribution in [2.75, 3.05) is 13.1 Å². The van der Waals surface area contributed by atoms with Crippen LogP contribution in [0.2, 0.25) is 5.02 Å². The second-order valence-corrected chi connectivity index (χ2v) is 6.61. The van der Waals surface area contributed by atoms with Crippen molar-refractivity contribution >= 4 is 17.5 Å². The summed E-state index contributed by atoms with van der Waals surface area (Å²) >= 11 is 6.12. The quantitative estimate of drug-likeness (QED) is 0.585. The van der Waals surface area contributed by atoms with Crippen LogP contribution in [0, 0.1) is 0 Å². The third-order valence-corrected chi connectivity index (χ3v) is 4.42. The van der Waals surface area contributed by atoms with Crippen LogP contribution in [0.5, 0.6) is 0 Å². The van der Waals surface area contributed by atoms with Crippen LogP contribution in [0.3, 0.4) is 0 Å². The van der Waals surface area contributed by atoms with Gasteiger partial charge in [-0.05, 0) is 30.2 Å². The lowest BCUT2D eigenvalue weighted by Gasteiger charge is -2.16. The van der Waals surface area contributed by atoms with E-state index in [1.54, 1.807) is 18.4 Å². The number of halogens is 1. The van der Waals surface area contributed by atoms with Crippen molar-refractivity contribution in [3.63, 3.8) is 0 Å². The summed E-state index contributed by atoms with van der Waals surface area (Å²) in [6.07, 6.45) is 2.49. The van der Waals surface area contributed by atoms with Crippen molar-refractivity contribution in [1.29, 1.82) is 0 Å². The van der Waals surface area contributed by atoms with Gasteiger partial charge in [-0.1, -0.05) is 36.7 Å². The number of hydrogen-bond donors (Lipinski definition) is 2. The highest BCUT2D eigenvalue weighted by atomic mass is 35.5. The van der Waals surface area contributed by atoms with Gasteiger partial charge in [-0.3, -0.25) is 4.79 Å². The number of furan rings is 1. The zero-order valence-corrected chi connectivity index (χ0v) is 15.8. The van der Waals surface area contributed by atoms with Crippen LogP contribution in [0.25, 0.3) is 11.7 Å². The summed E-state index contributed by atoms with van der Waals surface area (Å²) in [5.74, 6) is 1.30. The number of aromatic nitrogens is 2. The molecule has 0 fully saturated rings. The van der Waals surface area contributed by atoms with Crippen molar-refractivity contribution in [3.8, 4) is 11.7 Å². The lowest BCUT2D eigenvalue weighted by Crippen LogP contribution is -3.12. The predicted octanol–water partition coefficient (Wildman–Crippen LogP) is 2.09. The molecule has 0 saturated carbocycles. The summed E-state index contributed by atoms with van der Waals surface area (Å²) in [4.78, 5) is 13.4. The molecule has 2 heterocycles. The van der Waals surface area contributed by atoms with Gasteiger partial charge in [0.15, 0.2) is 18.8 Å². The first-order valence-electron chi connectivity index (χ1n) is 8.85. The van der Waals surface area contributed by atoms with E-state index in [9.17, 15) is 4.79 Å². The normalized spacial score (nSPS) is 12.1. The summed E-state index contributed by atoms with van der Waals surface area (Å²) in [7, 11) is 0. The van der Waals surface area contributed by atoms with E-state index in [-0.39, 0.29) is 5.91 Å². The Balaban J connectivity index is 1.55. The molecule has 0 aliphatic rings. The van der Waals surface area contributed by atoms with E-state index in [4.69, 9.17) is 20.4 Å². The Morgan fingerprint density at radius 3 is 2.81 bits per heavy atom. The van der Waals surface area contributed by atoms with Gasteiger partial charge < -0.3 is 19.1 Å². The Hall–Kier alpha value is -2.64. The summed E-state index contributed by atoms with van der Waals surface area (Å²) in [6, 6.07) is 11.0. The second-order valence-electron chi connectivity index (χ2n) is 6.20. The fourth-order valence-electron chi connectivity index (χ4n) is 2.76. The van der Waals surface area contributed by atoms with E-state index in [1.807, 2.05) is 24.3 Å². The van der Waals surface area contributed by atoms with Crippen LogP contribution in [-0.4, -0.2) is 29.2 Å². The molecule has 0 aliphatic carbocycles. The van der Waals surface area contributed by atoms with Crippen molar-refractivity contribution in [2.24, 2.45) is 0 Å². The average molecular weight is 390 g/mol. The smallest absolute Gasteiger partial charge is 0.283 e. The molecule has 3 aromatic rings. The topological polar surface area (TPSA) is 85.6 Å². The van der Waals surface area contributed by atoms with Gasteiger partial charge in [-0.15, -0.1) is 10.2 Å². The van der Waals surface area contributed by atoms with Crippen LogP contribution in [0.4, 0.5) is 0 Å². The Kier molecular flexibility index (Phi) is 6.62. The van der Waals surface area contributed by atoms with Gasteiger partial charge in [0.05, 0.1) is 12.8 Å². The molecule has 1 aromatic carbocycles. The highest BCUT2D eigenvalue weighted by Gasteiger charge is 2.19. The number of benzene rings is 1. The Morgan fingerprint density at radius 1 is 1.22 bits per heavy atom. The van der Waals surface area contributed by atoms with Crippen LogP contribution in [0.15, 0.2) is 51.5 Å². The van der Waals surface area contributed by atoms with Crippen molar-refractivity contribution in [2.45, 2.75) is 26.4 Å². The highest BCUT2D eigenvalue weighted by molar-refractivity contribution is 6.31. The van der Waals surface area contributed by atoms with Crippen LogP contribution >= 0.6 is 11.6 Å². The van der Waals surface area contributed by atoms with E-state index in [0.29, 0.717) is 42.2 Å². The fraction of sp³-hybridized carbons (Fsp3) is 0.316. The Bertz CT molecular complexity index is 863. The van der Waals surface area contributed by atoms with Crippen LogP contribution < -0.4 is 10.2 Å². The first kappa shape index (κ1) is 19.1. The van der Waals surface area contributed by atoms with Gasteiger partial charge in [-0.25, -0.2) is 0 Å². The number of carbonyl (C=O) groups is 1. The molecule has 0 aliphatic heterocycles. The number of hydrogen-bond acceptors (Lipinski definition) is 5. The van der Waals surface area contributed by atoms with Gasteiger partial charge in [-0.2, -0.15) is 0 Å². The van der Waals surface area contributed by atoms with Gasteiger partial charge in [0.1, 0.15) is 0 Å². The van der Waals surface area contributed by atoms with Crippen molar-refractivity contribution < 1.29 is 18.5 Å². The minimum absolute atomic E-state index is 0.0517. The minimum atomic E-state index is -0.0517. The van der Waals surface area contributed by atoms with Gasteiger partial charge >= 0.3 is 0 Å². The first-order chi connectivity index (χ1) is 13.2. The summed E-state index contributed by atoms with van der Waals surface area (Å²) in [6.45, 7) is 4.08. The molecule has 0 saturated heterocycles. The molecular formula is C19H22ClN4O3+. The Morgan fingerprint density at radius 2 is 2.07 bits per heavy atom. The van der Waals surface area contributed by atoms with Crippen LogP contribution in [-0.2, 0) is 17.9 Å². The molecule has 1 amide bonds. The van der Waals surface area contributed by atoms with Gasteiger partial charge in [0.2, 0.25) is 0 Å². The number of amides is 1. The standard InChI is InChI=1S/C19H21ClN4O3/c1-2-9-24(12-17(25)21-11-14-6-3-4-7-15(14)20)13-18-22-23-19(27-18)16-8-5-10-26-16/h3-8,10H,2,9,11-13H2,1H3,(H,21,25)/p+1. The predicted molar refractivity (Wildman–Crippen MR) is 100.0 cm³/mol. The fourth-order valence-corrected chi connectivity index (χ4v) is 2.96. The Labute approximate surface area is 162 Å². The second kappa shape index (κ2) is 9.34. The maximum absolute atomic E-state index is 12.3. The molecule has 142 valence electrons. The molecule has 0 bridgehead atoms. The van der Waals surface area contributed by atoms with Crippen molar-refractivity contribution in [3.05, 3.63) is 59.1 Å². The first-order valence-corrected chi connectivity index (χ1v) is 9.23.